The van der Waals surface area contributed by atoms with Crippen LogP contribution >= 0.6 is 0 Å². The molecule has 1 aromatic carbocycles. The summed E-state index contributed by atoms with van der Waals surface area (Å²) in [5.74, 6) is -0.105. The van der Waals surface area contributed by atoms with E-state index in [9.17, 15) is 13.5 Å². The smallest absolute Gasteiger partial charge is 0.243 e. The normalized spacial score (nSPS) is 14.0. The molecule has 0 aliphatic rings. The van der Waals surface area contributed by atoms with Crippen molar-refractivity contribution in [1.82, 2.24) is 4.31 Å². The van der Waals surface area contributed by atoms with Crippen LogP contribution < -0.4 is 0 Å². The molecule has 0 saturated carbocycles. The lowest BCUT2D eigenvalue weighted by molar-refractivity contribution is 0.214. The molecule has 0 saturated heterocycles. The summed E-state index contributed by atoms with van der Waals surface area (Å²) in [6.07, 6.45) is 0. The van der Waals surface area contributed by atoms with Gasteiger partial charge < -0.3 is 10.2 Å². The molecule has 0 aromatic heterocycles. The number of nitrogens with zero attached hydrogens (tertiary/aromatic N) is 1. The van der Waals surface area contributed by atoms with Crippen LogP contribution in [0.15, 0.2) is 29.2 Å². The van der Waals surface area contributed by atoms with Crippen LogP contribution in [0.4, 0.5) is 0 Å². The van der Waals surface area contributed by atoms with Gasteiger partial charge in [0, 0.05) is 13.1 Å². The van der Waals surface area contributed by atoms with E-state index in [0.717, 1.165) is 4.31 Å². The van der Waals surface area contributed by atoms with Gasteiger partial charge in [-0.15, -0.1) is 0 Å². The van der Waals surface area contributed by atoms with Crippen molar-refractivity contribution in [2.24, 2.45) is 0 Å². The molecule has 5 nitrogen and oxygen atoms in total. The number of likely N-dealkylation sites (N-methyl/N-ethyl adjacent to an activating group) is 1. The van der Waals surface area contributed by atoms with Crippen LogP contribution in [0.5, 0.6) is 5.75 Å². The Bertz CT molecular complexity index is 458. The molecule has 0 fully saturated rings. The highest BCUT2D eigenvalue weighted by Crippen LogP contribution is 2.20. The summed E-state index contributed by atoms with van der Waals surface area (Å²) in [7, 11) is -2.27. The van der Waals surface area contributed by atoms with E-state index in [2.05, 4.69) is 0 Å². The van der Waals surface area contributed by atoms with E-state index >= 15 is 0 Å². The third kappa shape index (κ3) is 2.52. The maximum atomic E-state index is 12.0. The summed E-state index contributed by atoms with van der Waals surface area (Å²) in [6.45, 7) is 1.34. The third-order valence-electron chi connectivity index (χ3n) is 2.38. The number of hydrogen-bond donors (Lipinski definition) is 2. The predicted molar refractivity (Wildman–Crippen MR) is 59.6 cm³/mol. The van der Waals surface area contributed by atoms with Gasteiger partial charge in [0.25, 0.3) is 0 Å². The van der Waals surface area contributed by atoms with Crippen molar-refractivity contribution in [1.29, 1.82) is 0 Å². The molecular weight excluding hydrogens is 230 g/mol. The van der Waals surface area contributed by atoms with Crippen LogP contribution in [0.25, 0.3) is 0 Å². The lowest BCUT2D eigenvalue weighted by atomic mass is 10.3. The SMILES string of the molecule is CC(CO)N(C)S(=O)(=O)c1cccc(O)c1. The highest BCUT2D eigenvalue weighted by atomic mass is 32.2. The van der Waals surface area contributed by atoms with Crippen LogP contribution in [0.1, 0.15) is 6.92 Å². The molecule has 6 heteroatoms. The minimum absolute atomic E-state index is 0.00954. The number of benzene rings is 1. The van der Waals surface area contributed by atoms with Gasteiger partial charge in [-0.3, -0.25) is 0 Å². The van der Waals surface area contributed by atoms with E-state index in [1.165, 1.54) is 31.3 Å². The van der Waals surface area contributed by atoms with E-state index in [-0.39, 0.29) is 17.3 Å². The Balaban J connectivity index is 3.12. The van der Waals surface area contributed by atoms with Gasteiger partial charge >= 0.3 is 0 Å². The summed E-state index contributed by atoms with van der Waals surface area (Å²) >= 11 is 0. The van der Waals surface area contributed by atoms with Crippen molar-refractivity contribution in [2.45, 2.75) is 17.9 Å². The first-order chi connectivity index (χ1) is 7.39. The topological polar surface area (TPSA) is 77.8 Å². The predicted octanol–water partition coefficient (Wildman–Crippen LogP) is 0.394. The molecule has 0 heterocycles. The fourth-order valence-electron chi connectivity index (χ4n) is 1.16. The van der Waals surface area contributed by atoms with Crippen LogP contribution in [0.2, 0.25) is 0 Å². The molecular formula is C10H15NO4S. The second kappa shape index (κ2) is 4.82. The first kappa shape index (κ1) is 13.0. The Labute approximate surface area is 95.0 Å². The zero-order valence-electron chi connectivity index (χ0n) is 9.16. The number of aromatic hydroxyl groups is 1. The van der Waals surface area contributed by atoms with Gasteiger partial charge in [0.15, 0.2) is 0 Å². The van der Waals surface area contributed by atoms with Crippen molar-refractivity contribution >= 4 is 10.0 Å². The number of sulfonamides is 1. The molecule has 1 aromatic rings. The Morgan fingerprint density at radius 2 is 2.06 bits per heavy atom. The Morgan fingerprint density at radius 1 is 1.44 bits per heavy atom. The first-order valence-corrected chi connectivity index (χ1v) is 6.21. The molecule has 2 N–H and O–H groups in total. The molecule has 1 unspecified atom stereocenters. The maximum Gasteiger partial charge on any atom is 0.243 e. The van der Waals surface area contributed by atoms with Crippen molar-refractivity contribution in [3.8, 4) is 5.75 Å². The molecule has 0 bridgehead atoms. The Morgan fingerprint density at radius 3 is 2.56 bits per heavy atom. The standard InChI is InChI=1S/C10H15NO4S/c1-8(7-12)11(2)16(14,15)10-5-3-4-9(13)6-10/h3-6,8,12-13H,7H2,1-2H3. The highest BCUT2D eigenvalue weighted by Gasteiger charge is 2.24. The van der Waals surface area contributed by atoms with Crippen molar-refractivity contribution in [2.75, 3.05) is 13.7 Å². The molecule has 16 heavy (non-hydrogen) atoms. The molecule has 0 spiro atoms. The van der Waals surface area contributed by atoms with Crippen molar-refractivity contribution in [3.05, 3.63) is 24.3 Å². The average molecular weight is 245 g/mol. The van der Waals surface area contributed by atoms with Crippen molar-refractivity contribution < 1.29 is 18.6 Å². The average Bonchev–Trinajstić information content (AvgIpc) is 2.27. The Hall–Kier alpha value is -1.11. The van der Waals surface area contributed by atoms with E-state index in [4.69, 9.17) is 5.11 Å². The van der Waals surface area contributed by atoms with Crippen LogP contribution in [0.3, 0.4) is 0 Å². The summed E-state index contributed by atoms with van der Waals surface area (Å²) in [5, 5.41) is 18.1. The molecule has 1 atom stereocenters. The first-order valence-electron chi connectivity index (χ1n) is 4.77. The van der Waals surface area contributed by atoms with E-state index in [1.54, 1.807) is 6.92 Å². The van der Waals surface area contributed by atoms with E-state index in [1.807, 2.05) is 0 Å². The van der Waals surface area contributed by atoms with Crippen LogP contribution in [-0.4, -0.2) is 42.6 Å². The monoisotopic (exact) mass is 245 g/mol. The zero-order chi connectivity index (χ0) is 12.3. The number of rotatable bonds is 4. The lowest BCUT2D eigenvalue weighted by Crippen LogP contribution is -2.37. The molecule has 1 rings (SSSR count). The number of aliphatic hydroxyl groups is 1. The minimum Gasteiger partial charge on any atom is -0.508 e. The van der Waals surface area contributed by atoms with Crippen LogP contribution in [0, 0.1) is 0 Å². The maximum absolute atomic E-state index is 12.0. The van der Waals surface area contributed by atoms with Crippen LogP contribution in [-0.2, 0) is 10.0 Å². The quantitative estimate of drug-likeness (QED) is 0.804. The zero-order valence-corrected chi connectivity index (χ0v) is 9.98. The van der Waals surface area contributed by atoms with Gasteiger partial charge in [0.05, 0.1) is 11.5 Å². The van der Waals surface area contributed by atoms with Gasteiger partial charge in [-0.2, -0.15) is 4.31 Å². The summed E-state index contributed by atoms with van der Waals surface area (Å²) in [6, 6.07) is 4.92. The van der Waals surface area contributed by atoms with Gasteiger partial charge in [0.2, 0.25) is 10.0 Å². The number of aliphatic hydroxyl groups excluding tert-OH is 1. The summed E-state index contributed by atoms with van der Waals surface area (Å²) in [5.41, 5.74) is 0. The number of hydrogen-bond acceptors (Lipinski definition) is 4. The lowest BCUT2D eigenvalue weighted by Gasteiger charge is -2.22. The summed E-state index contributed by atoms with van der Waals surface area (Å²) < 4.78 is 25.0. The van der Waals surface area contributed by atoms with Crippen molar-refractivity contribution in [3.63, 3.8) is 0 Å². The second-order valence-electron chi connectivity index (χ2n) is 3.55. The fourth-order valence-corrected chi connectivity index (χ4v) is 2.56. The minimum atomic E-state index is -3.66. The molecule has 0 amide bonds. The molecule has 0 aliphatic heterocycles. The van der Waals surface area contributed by atoms with Gasteiger partial charge in [0.1, 0.15) is 5.75 Å². The fraction of sp³-hybridized carbons (Fsp3) is 0.400. The third-order valence-corrected chi connectivity index (χ3v) is 4.35. The molecule has 0 aliphatic carbocycles. The molecule has 90 valence electrons. The highest BCUT2D eigenvalue weighted by molar-refractivity contribution is 7.89. The van der Waals surface area contributed by atoms with Gasteiger partial charge in [-0.25, -0.2) is 8.42 Å². The van der Waals surface area contributed by atoms with E-state index < -0.39 is 16.1 Å². The summed E-state index contributed by atoms with van der Waals surface area (Å²) in [4.78, 5) is 0.00954. The molecule has 0 radical (unpaired) electrons. The van der Waals surface area contributed by atoms with Gasteiger partial charge in [-0.05, 0) is 25.1 Å². The number of phenols is 1. The largest absolute Gasteiger partial charge is 0.508 e. The van der Waals surface area contributed by atoms with Gasteiger partial charge in [-0.1, -0.05) is 6.07 Å². The second-order valence-corrected chi connectivity index (χ2v) is 5.55. The number of phenolic OH excluding ortho intramolecular Hbond substituents is 1. The van der Waals surface area contributed by atoms with E-state index in [0.29, 0.717) is 0 Å². The Kier molecular flexibility index (Phi) is 3.90.